The molecular formula is C16H22N4O3S3. The molecule has 0 radical (unpaired) electrons. The molecule has 0 bridgehead atoms. The fourth-order valence-electron chi connectivity index (χ4n) is 2.22. The van der Waals surface area contributed by atoms with Gasteiger partial charge in [0.2, 0.25) is 21.1 Å². The van der Waals surface area contributed by atoms with Gasteiger partial charge in [-0.2, -0.15) is 0 Å². The molecule has 2 aromatic rings. The molecule has 0 aliphatic heterocycles. The van der Waals surface area contributed by atoms with E-state index in [0.29, 0.717) is 16.1 Å². The molecule has 1 unspecified atom stereocenters. The highest BCUT2D eigenvalue weighted by atomic mass is 32.2. The number of nitrogens with one attached hydrogen (secondary N) is 1. The second-order valence-electron chi connectivity index (χ2n) is 6.10. The second-order valence-corrected chi connectivity index (χ2v) is 10.8. The third-order valence-corrected chi connectivity index (χ3v) is 6.52. The first-order valence-corrected chi connectivity index (χ1v) is 11.5. The maximum absolute atomic E-state index is 12.6. The number of benzene rings is 1. The van der Waals surface area contributed by atoms with E-state index >= 15 is 0 Å². The number of anilines is 2. The van der Waals surface area contributed by atoms with Crippen LogP contribution in [-0.4, -0.2) is 42.1 Å². The molecule has 0 aliphatic carbocycles. The molecule has 7 nitrogen and oxygen atoms in total. The van der Waals surface area contributed by atoms with Crippen LogP contribution in [0.2, 0.25) is 0 Å². The molecule has 0 spiro atoms. The van der Waals surface area contributed by atoms with Crippen LogP contribution in [0.15, 0.2) is 28.6 Å². The second kappa shape index (κ2) is 8.36. The lowest BCUT2D eigenvalue weighted by Crippen LogP contribution is -2.45. The van der Waals surface area contributed by atoms with Crippen molar-refractivity contribution < 1.29 is 13.2 Å². The van der Waals surface area contributed by atoms with E-state index in [1.54, 1.807) is 43.0 Å². The van der Waals surface area contributed by atoms with Gasteiger partial charge in [-0.1, -0.05) is 54.6 Å². The van der Waals surface area contributed by atoms with Crippen molar-refractivity contribution in [1.82, 2.24) is 10.2 Å². The van der Waals surface area contributed by atoms with E-state index < -0.39 is 22.0 Å². The van der Waals surface area contributed by atoms with Gasteiger partial charge in [-0.25, -0.2) is 8.42 Å². The van der Waals surface area contributed by atoms with E-state index in [1.165, 1.54) is 11.3 Å². The first kappa shape index (κ1) is 20.7. The number of aryl methyl sites for hydroxylation is 1. The van der Waals surface area contributed by atoms with Crippen LogP contribution in [0.5, 0.6) is 0 Å². The zero-order valence-electron chi connectivity index (χ0n) is 15.3. The Labute approximate surface area is 162 Å². The third kappa shape index (κ3) is 5.42. The van der Waals surface area contributed by atoms with E-state index in [1.807, 2.05) is 20.8 Å². The van der Waals surface area contributed by atoms with E-state index in [-0.39, 0.29) is 0 Å². The average molecular weight is 415 g/mol. The molecule has 2 rings (SSSR count). The number of thioether (sulfide) groups is 1. The lowest BCUT2D eigenvalue weighted by Gasteiger charge is -2.27. The van der Waals surface area contributed by atoms with E-state index in [4.69, 9.17) is 0 Å². The van der Waals surface area contributed by atoms with Gasteiger partial charge in [0.25, 0.3) is 0 Å². The molecule has 0 saturated heterocycles. The third-order valence-electron chi connectivity index (χ3n) is 3.35. The summed E-state index contributed by atoms with van der Waals surface area (Å²) in [5.41, 5.74) is 1.44. The predicted octanol–water partition coefficient (Wildman–Crippen LogP) is 3.14. The smallest absolute Gasteiger partial charge is 0.249 e. The molecule has 142 valence electrons. The van der Waals surface area contributed by atoms with Gasteiger partial charge < -0.3 is 0 Å². The average Bonchev–Trinajstić information content (AvgIpc) is 2.94. The van der Waals surface area contributed by atoms with Crippen molar-refractivity contribution in [1.29, 1.82) is 0 Å². The molecule has 0 aliphatic rings. The van der Waals surface area contributed by atoms with Gasteiger partial charge in [0.15, 0.2) is 4.34 Å². The Bertz CT molecular complexity index is 863. The molecular weight excluding hydrogens is 392 g/mol. The molecule has 1 N–H and O–H groups in total. The number of sulfonamides is 1. The van der Waals surface area contributed by atoms with Gasteiger partial charge in [0, 0.05) is 5.25 Å². The number of amides is 1. The maximum Gasteiger partial charge on any atom is 0.249 e. The van der Waals surface area contributed by atoms with Crippen molar-refractivity contribution in [3.8, 4) is 0 Å². The Morgan fingerprint density at radius 3 is 2.35 bits per heavy atom. The van der Waals surface area contributed by atoms with Gasteiger partial charge in [-0.3, -0.25) is 14.4 Å². The molecule has 1 amide bonds. The Hall–Kier alpha value is -1.65. The Morgan fingerprint density at radius 1 is 1.19 bits per heavy atom. The molecule has 1 atom stereocenters. The standard InChI is InChI=1S/C16H22N4O3S3/c1-10(2)24-16-19-18-15(25-16)17-14(21)12(4)20(26(5,22)23)13-8-6-11(3)7-9-13/h6-10,12H,1-5H3,(H,17,18,21). The summed E-state index contributed by atoms with van der Waals surface area (Å²) in [7, 11) is -3.64. The summed E-state index contributed by atoms with van der Waals surface area (Å²) < 4.78 is 26.4. The van der Waals surface area contributed by atoms with Gasteiger partial charge in [0.1, 0.15) is 6.04 Å². The predicted molar refractivity (Wildman–Crippen MR) is 107 cm³/mol. The van der Waals surface area contributed by atoms with E-state index in [9.17, 15) is 13.2 Å². The summed E-state index contributed by atoms with van der Waals surface area (Å²) in [6.45, 7) is 7.53. The van der Waals surface area contributed by atoms with Crippen LogP contribution in [0.3, 0.4) is 0 Å². The van der Waals surface area contributed by atoms with Crippen molar-refractivity contribution >= 4 is 49.8 Å². The highest BCUT2D eigenvalue weighted by Gasteiger charge is 2.29. The van der Waals surface area contributed by atoms with Gasteiger partial charge >= 0.3 is 0 Å². The van der Waals surface area contributed by atoms with Crippen molar-refractivity contribution in [2.24, 2.45) is 0 Å². The first-order valence-electron chi connectivity index (χ1n) is 7.95. The monoisotopic (exact) mass is 414 g/mol. The summed E-state index contributed by atoms with van der Waals surface area (Å²) in [5.74, 6) is -0.465. The quantitative estimate of drug-likeness (QED) is 0.553. The normalized spacial score (nSPS) is 12.8. The largest absolute Gasteiger partial charge is 0.299 e. The first-order chi connectivity index (χ1) is 12.1. The number of aromatic nitrogens is 2. The maximum atomic E-state index is 12.6. The van der Waals surface area contributed by atoms with Crippen LogP contribution < -0.4 is 9.62 Å². The number of hydrogen-bond acceptors (Lipinski definition) is 7. The minimum Gasteiger partial charge on any atom is -0.299 e. The van der Waals surface area contributed by atoms with Crippen LogP contribution in [0, 0.1) is 6.92 Å². The van der Waals surface area contributed by atoms with Crippen molar-refractivity contribution in [3.63, 3.8) is 0 Å². The number of nitrogens with zero attached hydrogens (tertiary/aromatic N) is 3. The summed E-state index contributed by atoms with van der Waals surface area (Å²) in [4.78, 5) is 12.6. The van der Waals surface area contributed by atoms with Crippen molar-refractivity contribution in [3.05, 3.63) is 29.8 Å². The number of hydrogen-bond donors (Lipinski definition) is 1. The van der Waals surface area contributed by atoms with Crippen molar-refractivity contribution in [2.75, 3.05) is 15.9 Å². The highest BCUT2D eigenvalue weighted by molar-refractivity contribution is 8.01. The molecule has 1 aromatic heterocycles. The van der Waals surface area contributed by atoms with Crippen LogP contribution in [0.25, 0.3) is 0 Å². The SMILES string of the molecule is Cc1ccc(N(C(C)C(=O)Nc2nnc(SC(C)C)s2)S(C)(=O)=O)cc1. The molecule has 0 saturated carbocycles. The van der Waals surface area contributed by atoms with Crippen LogP contribution in [-0.2, 0) is 14.8 Å². The van der Waals surface area contributed by atoms with Crippen molar-refractivity contribution in [2.45, 2.75) is 43.3 Å². The molecule has 1 aromatic carbocycles. The fourth-order valence-corrected chi connectivity index (χ4v) is 5.37. The topological polar surface area (TPSA) is 92.3 Å². The van der Waals surface area contributed by atoms with E-state index in [2.05, 4.69) is 15.5 Å². The van der Waals surface area contributed by atoms with Crippen LogP contribution >= 0.6 is 23.1 Å². The summed E-state index contributed by atoms with van der Waals surface area (Å²) >= 11 is 2.82. The summed E-state index contributed by atoms with van der Waals surface area (Å²) in [6.07, 6.45) is 1.08. The van der Waals surface area contributed by atoms with Gasteiger partial charge in [-0.05, 0) is 26.0 Å². The highest BCUT2D eigenvalue weighted by Crippen LogP contribution is 2.29. The number of rotatable bonds is 7. The van der Waals surface area contributed by atoms with Crippen LogP contribution in [0.1, 0.15) is 26.3 Å². The number of carbonyl (C=O) groups is 1. The Balaban J connectivity index is 2.19. The fraction of sp³-hybridized carbons (Fsp3) is 0.438. The summed E-state index contributed by atoms with van der Waals surface area (Å²) in [5, 5.41) is 11.3. The minimum absolute atomic E-state index is 0.349. The molecule has 0 fully saturated rings. The summed E-state index contributed by atoms with van der Waals surface area (Å²) in [6, 6.07) is 6.04. The van der Waals surface area contributed by atoms with Crippen LogP contribution in [0.4, 0.5) is 10.8 Å². The molecule has 10 heteroatoms. The number of carbonyl (C=O) groups excluding carboxylic acids is 1. The van der Waals surface area contributed by atoms with E-state index in [0.717, 1.165) is 20.5 Å². The zero-order valence-corrected chi connectivity index (χ0v) is 17.7. The zero-order chi connectivity index (χ0) is 19.5. The van der Waals surface area contributed by atoms with Gasteiger partial charge in [-0.15, -0.1) is 10.2 Å². The minimum atomic E-state index is -3.64. The molecule has 26 heavy (non-hydrogen) atoms. The molecule has 1 heterocycles. The Kier molecular flexibility index (Phi) is 6.64. The lowest BCUT2D eigenvalue weighted by molar-refractivity contribution is -0.116. The lowest BCUT2D eigenvalue weighted by atomic mass is 10.2. The van der Waals surface area contributed by atoms with Gasteiger partial charge in [0.05, 0.1) is 11.9 Å². The Morgan fingerprint density at radius 2 is 1.81 bits per heavy atom.